The number of imidazole rings is 1. The molecule has 96 valence electrons. The van der Waals surface area contributed by atoms with Crippen LogP contribution in [0.2, 0.25) is 5.15 Å². The minimum absolute atomic E-state index is 0.266. The molecule has 0 bridgehead atoms. The Kier molecular flexibility index (Phi) is 2.75. The molecule has 0 aliphatic carbocycles. The van der Waals surface area contributed by atoms with Crippen molar-refractivity contribution in [2.24, 2.45) is 7.05 Å². The number of nitrogens with zero attached hydrogens (tertiary/aromatic N) is 3. The number of hydrogen-bond acceptors (Lipinski definition) is 2. The van der Waals surface area contributed by atoms with Crippen molar-refractivity contribution >= 4 is 22.6 Å². The number of rotatable bonds is 1. The van der Waals surface area contributed by atoms with Gasteiger partial charge in [0, 0.05) is 18.3 Å². The number of aryl methyl sites for hydroxylation is 2. The van der Waals surface area contributed by atoms with Gasteiger partial charge in [0.05, 0.1) is 5.52 Å². The standard InChI is InChI=1S/C14H11ClFN3/c1-8-7-11-12(13(15)17-8)18-14(19(11)2)9-3-5-10(16)6-4-9/h3-7H,1-2H3. The molecule has 5 heteroatoms. The summed E-state index contributed by atoms with van der Waals surface area (Å²) in [5.41, 5.74) is 3.26. The van der Waals surface area contributed by atoms with Gasteiger partial charge in [-0.25, -0.2) is 14.4 Å². The molecule has 0 aliphatic rings. The van der Waals surface area contributed by atoms with Gasteiger partial charge >= 0.3 is 0 Å². The fourth-order valence-corrected chi connectivity index (χ4v) is 2.40. The van der Waals surface area contributed by atoms with Crippen molar-refractivity contribution in [3.63, 3.8) is 0 Å². The molecule has 19 heavy (non-hydrogen) atoms. The summed E-state index contributed by atoms with van der Waals surface area (Å²) in [5, 5.41) is 0.388. The summed E-state index contributed by atoms with van der Waals surface area (Å²) in [6.07, 6.45) is 0. The molecule has 0 amide bonds. The maximum absolute atomic E-state index is 13.0. The molecular formula is C14H11ClFN3. The lowest BCUT2D eigenvalue weighted by molar-refractivity contribution is 0.628. The van der Waals surface area contributed by atoms with Crippen LogP contribution in [0.1, 0.15) is 5.69 Å². The molecule has 0 aliphatic heterocycles. The average molecular weight is 276 g/mol. The van der Waals surface area contributed by atoms with E-state index in [4.69, 9.17) is 11.6 Å². The Balaban J connectivity index is 2.28. The fraction of sp³-hybridized carbons (Fsp3) is 0.143. The van der Waals surface area contributed by atoms with Crippen LogP contribution in [0.4, 0.5) is 4.39 Å². The molecule has 3 rings (SSSR count). The number of aromatic nitrogens is 3. The molecule has 3 aromatic rings. The quantitative estimate of drug-likeness (QED) is 0.634. The Morgan fingerprint density at radius 2 is 1.84 bits per heavy atom. The molecule has 0 unspecified atom stereocenters. The molecular weight excluding hydrogens is 265 g/mol. The maximum Gasteiger partial charge on any atom is 0.157 e. The van der Waals surface area contributed by atoms with Crippen LogP contribution in [0.15, 0.2) is 30.3 Å². The molecule has 2 aromatic heterocycles. The summed E-state index contributed by atoms with van der Waals surface area (Å²) in [4.78, 5) is 8.69. The summed E-state index contributed by atoms with van der Waals surface area (Å²) in [6, 6.07) is 8.16. The summed E-state index contributed by atoms with van der Waals surface area (Å²) in [7, 11) is 1.91. The molecule has 1 aromatic carbocycles. The van der Waals surface area contributed by atoms with E-state index in [1.165, 1.54) is 12.1 Å². The van der Waals surface area contributed by atoms with Crippen LogP contribution < -0.4 is 0 Å². The van der Waals surface area contributed by atoms with Crippen LogP contribution >= 0.6 is 11.6 Å². The average Bonchev–Trinajstić information content (AvgIpc) is 2.69. The first kappa shape index (κ1) is 12.1. The first-order chi connectivity index (χ1) is 9.06. The van der Waals surface area contributed by atoms with Gasteiger partial charge in [-0.1, -0.05) is 11.6 Å². The van der Waals surface area contributed by atoms with Gasteiger partial charge in [0.1, 0.15) is 17.2 Å². The topological polar surface area (TPSA) is 30.7 Å². The zero-order valence-corrected chi connectivity index (χ0v) is 11.2. The second kappa shape index (κ2) is 4.31. The second-order valence-corrected chi connectivity index (χ2v) is 4.78. The highest BCUT2D eigenvalue weighted by molar-refractivity contribution is 6.33. The third-order valence-corrected chi connectivity index (χ3v) is 3.32. The minimum atomic E-state index is -0.266. The van der Waals surface area contributed by atoms with E-state index < -0.39 is 0 Å². The number of fused-ring (bicyclic) bond motifs is 1. The number of pyridine rings is 1. The Hall–Kier alpha value is -1.94. The van der Waals surface area contributed by atoms with E-state index in [0.717, 1.165) is 22.6 Å². The van der Waals surface area contributed by atoms with Gasteiger partial charge in [-0.05, 0) is 37.3 Å². The van der Waals surface area contributed by atoms with Gasteiger partial charge < -0.3 is 4.57 Å². The first-order valence-corrected chi connectivity index (χ1v) is 6.19. The van der Waals surface area contributed by atoms with Gasteiger partial charge in [-0.15, -0.1) is 0 Å². The van der Waals surface area contributed by atoms with Crippen LogP contribution in [0.3, 0.4) is 0 Å². The zero-order chi connectivity index (χ0) is 13.6. The van der Waals surface area contributed by atoms with Crippen LogP contribution in [-0.2, 0) is 7.05 Å². The molecule has 3 nitrogen and oxygen atoms in total. The lowest BCUT2D eigenvalue weighted by Gasteiger charge is -2.02. The third kappa shape index (κ3) is 1.98. The van der Waals surface area contributed by atoms with E-state index in [0.29, 0.717) is 10.7 Å². The van der Waals surface area contributed by atoms with Crippen molar-refractivity contribution < 1.29 is 4.39 Å². The van der Waals surface area contributed by atoms with Gasteiger partial charge in [0.15, 0.2) is 5.15 Å². The lowest BCUT2D eigenvalue weighted by atomic mass is 10.2. The van der Waals surface area contributed by atoms with Crippen LogP contribution in [-0.4, -0.2) is 14.5 Å². The second-order valence-electron chi connectivity index (χ2n) is 4.42. The van der Waals surface area contributed by atoms with Crippen LogP contribution in [0.5, 0.6) is 0 Å². The molecule has 0 N–H and O–H groups in total. The van der Waals surface area contributed by atoms with E-state index in [-0.39, 0.29) is 5.82 Å². The van der Waals surface area contributed by atoms with Crippen molar-refractivity contribution in [3.05, 3.63) is 47.0 Å². The van der Waals surface area contributed by atoms with Gasteiger partial charge in [0.25, 0.3) is 0 Å². The van der Waals surface area contributed by atoms with Crippen molar-refractivity contribution in [1.29, 1.82) is 0 Å². The zero-order valence-electron chi connectivity index (χ0n) is 10.5. The number of benzene rings is 1. The lowest BCUT2D eigenvalue weighted by Crippen LogP contribution is -1.93. The van der Waals surface area contributed by atoms with Crippen molar-refractivity contribution in [3.8, 4) is 11.4 Å². The highest BCUT2D eigenvalue weighted by atomic mass is 35.5. The van der Waals surface area contributed by atoms with Gasteiger partial charge in [-0.3, -0.25) is 0 Å². The van der Waals surface area contributed by atoms with Crippen molar-refractivity contribution in [2.75, 3.05) is 0 Å². The summed E-state index contributed by atoms with van der Waals surface area (Å²) in [5.74, 6) is 0.474. The molecule has 0 saturated carbocycles. The predicted octanol–water partition coefficient (Wildman–Crippen LogP) is 3.74. The smallest absolute Gasteiger partial charge is 0.157 e. The van der Waals surface area contributed by atoms with Gasteiger partial charge in [-0.2, -0.15) is 0 Å². The highest BCUT2D eigenvalue weighted by Crippen LogP contribution is 2.27. The molecule has 0 saturated heterocycles. The molecule has 0 atom stereocenters. The SMILES string of the molecule is Cc1cc2c(nc(-c3ccc(F)cc3)n2C)c(Cl)n1. The van der Waals surface area contributed by atoms with E-state index in [2.05, 4.69) is 9.97 Å². The van der Waals surface area contributed by atoms with Gasteiger partial charge in [0.2, 0.25) is 0 Å². The Bertz CT molecular complexity index is 762. The number of halogens is 2. The largest absolute Gasteiger partial charge is 0.327 e. The summed E-state index contributed by atoms with van der Waals surface area (Å²) >= 11 is 6.11. The Morgan fingerprint density at radius 3 is 2.53 bits per heavy atom. The molecule has 2 heterocycles. The number of hydrogen-bond donors (Lipinski definition) is 0. The predicted molar refractivity (Wildman–Crippen MR) is 73.7 cm³/mol. The molecule has 0 spiro atoms. The first-order valence-electron chi connectivity index (χ1n) is 5.82. The summed E-state index contributed by atoms with van der Waals surface area (Å²) in [6.45, 7) is 1.88. The van der Waals surface area contributed by atoms with Crippen LogP contribution in [0, 0.1) is 12.7 Å². The molecule has 0 radical (unpaired) electrons. The van der Waals surface area contributed by atoms with E-state index in [9.17, 15) is 4.39 Å². The summed E-state index contributed by atoms with van der Waals surface area (Å²) < 4.78 is 14.9. The van der Waals surface area contributed by atoms with Crippen molar-refractivity contribution in [2.45, 2.75) is 6.92 Å². The Labute approximate surface area is 114 Å². The van der Waals surface area contributed by atoms with E-state index in [1.54, 1.807) is 12.1 Å². The monoisotopic (exact) mass is 275 g/mol. The van der Waals surface area contributed by atoms with E-state index in [1.807, 2.05) is 24.6 Å². The van der Waals surface area contributed by atoms with Crippen LogP contribution in [0.25, 0.3) is 22.4 Å². The fourth-order valence-electron chi connectivity index (χ4n) is 2.12. The highest BCUT2D eigenvalue weighted by Gasteiger charge is 2.13. The Morgan fingerprint density at radius 1 is 1.16 bits per heavy atom. The molecule has 0 fully saturated rings. The normalized spacial score (nSPS) is 11.2. The van der Waals surface area contributed by atoms with Crippen molar-refractivity contribution in [1.82, 2.24) is 14.5 Å². The third-order valence-electron chi connectivity index (χ3n) is 3.06. The minimum Gasteiger partial charge on any atom is -0.327 e. The maximum atomic E-state index is 13.0. The van der Waals surface area contributed by atoms with E-state index >= 15 is 0 Å².